The normalized spacial score (nSPS) is 22.7. The predicted molar refractivity (Wildman–Crippen MR) is 152 cm³/mol. The predicted octanol–water partition coefficient (Wildman–Crippen LogP) is 4.76. The summed E-state index contributed by atoms with van der Waals surface area (Å²) in [6.07, 6.45) is 8.16. The zero-order valence-corrected chi connectivity index (χ0v) is 23.5. The number of carbonyl (C=O) groups excluding carboxylic acids is 2. The second-order valence-electron chi connectivity index (χ2n) is 10.3. The molecule has 0 fully saturated rings. The Labute approximate surface area is 230 Å². The molecule has 2 atom stereocenters. The van der Waals surface area contributed by atoms with Gasteiger partial charge in [-0.25, -0.2) is 9.98 Å². The van der Waals surface area contributed by atoms with Gasteiger partial charge in [-0.1, -0.05) is 26.0 Å². The molecular weight excluding hydrogens is 494 g/mol. The summed E-state index contributed by atoms with van der Waals surface area (Å²) < 4.78 is 11.9. The van der Waals surface area contributed by atoms with Crippen molar-refractivity contribution in [3.63, 3.8) is 0 Å². The first-order chi connectivity index (χ1) is 18.7. The Kier molecular flexibility index (Phi) is 8.57. The molecule has 0 saturated carbocycles. The van der Waals surface area contributed by atoms with Crippen LogP contribution in [0.2, 0.25) is 0 Å². The Bertz CT molecular complexity index is 1290. The largest absolute Gasteiger partial charge is 0.494 e. The second kappa shape index (κ2) is 11.9. The van der Waals surface area contributed by atoms with E-state index in [2.05, 4.69) is 21.4 Å². The fourth-order valence-corrected chi connectivity index (χ4v) is 5.08. The van der Waals surface area contributed by atoms with Gasteiger partial charge in [-0.3, -0.25) is 14.5 Å². The lowest BCUT2D eigenvalue weighted by Crippen LogP contribution is -2.46. The number of allylic oxidation sites excluding steroid dienone is 1. The van der Waals surface area contributed by atoms with Crippen LogP contribution in [-0.4, -0.2) is 45.9 Å². The number of nitrogens with one attached hydrogen (secondary N) is 1. The Morgan fingerprint density at radius 1 is 1.23 bits per heavy atom. The van der Waals surface area contributed by atoms with Crippen molar-refractivity contribution in [3.05, 3.63) is 58.8 Å². The number of amides is 2. The maximum Gasteiger partial charge on any atom is 0.251 e. The number of aromatic nitrogens is 1. The summed E-state index contributed by atoms with van der Waals surface area (Å²) in [5, 5.41) is 3.19. The molecule has 2 aromatic rings. The molecule has 2 unspecified atom stereocenters. The molecule has 0 radical (unpaired) electrons. The quantitative estimate of drug-likeness (QED) is 0.574. The minimum atomic E-state index is -0.486. The topological polar surface area (TPSA) is 119 Å². The SMILES string of the molecule is CC.CCOc1ccc2cc1CN1C(=O)CC(CC/C=C\c3cnc4c(c3)C(CC(C)(C)O4)NC2=O)N=C1N. The van der Waals surface area contributed by atoms with Crippen LogP contribution in [0.25, 0.3) is 6.08 Å². The molecule has 1 aromatic heterocycles. The number of fused-ring (bicyclic) bond motifs is 4. The number of hydrogen-bond acceptors (Lipinski definition) is 7. The van der Waals surface area contributed by atoms with Crippen LogP contribution < -0.4 is 20.5 Å². The van der Waals surface area contributed by atoms with E-state index in [-0.39, 0.29) is 42.8 Å². The third kappa shape index (κ3) is 6.41. The van der Waals surface area contributed by atoms with Gasteiger partial charge in [0.05, 0.1) is 25.2 Å². The molecule has 9 heteroatoms. The molecule has 1 aromatic carbocycles. The first kappa shape index (κ1) is 28.1. The van der Waals surface area contributed by atoms with Gasteiger partial charge in [0.15, 0.2) is 5.96 Å². The third-order valence-corrected chi connectivity index (χ3v) is 6.88. The van der Waals surface area contributed by atoms with Gasteiger partial charge < -0.3 is 20.5 Å². The molecule has 6 bridgehead atoms. The van der Waals surface area contributed by atoms with Crippen molar-refractivity contribution >= 4 is 23.8 Å². The molecule has 0 aliphatic carbocycles. The zero-order valence-electron chi connectivity index (χ0n) is 23.5. The Hall–Kier alpha value is -3.88. The lowest BCUT2D eigenvalue weighted by atomic mass is 9.90. The number of carbonyl (C=O) groups is 2. The minimum absolute atomic E-state index is 0.0891. The molecule has 39 heavy (non-hydrogen) atoms. The number of ether oxygens (including phenoxy) is 2. The average Bonchev–Trinajstić information content (AvgIpc) is 2.90. The summed E-state index contributed by atoms with van der Waals surface area (Å²) in [7, 11) is 0. The standard InChI is InChI=1S/C28H33N5O4.C2H6/c1-4-36-23-10-9-18-12-19(23)16-33-24(34)13-20(31-27(33)29)8-6-5-7-17-11-21-22(32-25(18)35)14-28(2,3)37-26(21)30-15-17;1-2/h5,7,9-12,15,20,22H,4,6,8,13-14,16H2,1-3H3,(H2,29,31)(H,32,35);1-2H3/b7-5-;. The summed E-state index contributed by atoms with van der Waals surface area (Å²) in [6.45, 7) is 10.5. The van der Waals surface area contributed by atoms with E-state index >= 15 is 0 Å². The molecule has 3 N–H and O–H groups in total. The number of benzene rings is 1. The smallest absolute Gasteiger partial charge is 0.251 e. The highest BCUT2D eigenvalue weighted by molar-refractivity contribution is 5.99. The Balaban J connectivity index is 0.00000172. The van der Waals surface area contributed by atoms with Crippen LogP contribution in [-0.2, 0) is 11.3 Å². The van der Waals surface area contributed by atoms with Crippen LogP contribution in [0.1, 0.15) is 93.4 Å². The summed E-state index contributed by atoms with van der Waals surface area (Å²) in [5.74, 6) is 1.01. The van der Waals surface area contributed by atoms with Crippen LogP contribution in [0.15, 0.2) is 41.5 Å². The van der Waals surface area contributed by atoms with Crippen molar-refractivity contribution in [3.8, 4) is 11.6 Å². The first-order valence-electron chi connectivity index (χ1n) is 13.8. The molecule has 4 aliphatic heterocycles. The lowest BCUT2D eigenvalue weighted by Gasteiger charge is -2.37. The molecule has 6 rings (SSSR count). The van der Waals surface area contributed by atoms with Crippen molar-refractivity contribution in [1.29, 1.82) is 0 Å². The second-order valence-corrected chi connectivity index (χ2v) is 10.3. The number of pyridine rings is 1. The number of nitrogens with two attached hydrogens (primary N) is 1. The van der Waals surface area contributed by atoms with Gasteiger partial charge in [0.1, 0.15) is 11.4 Å². The van der Waals surface area contributed by atoms with Crippen LogP contribution in [0.3, 0.4) is 0 Å². The van der Waals surface area contributed by atoms with Gasteiger partial charge in [-0.15, -0.1) is 0 Å². The summed E-state index contributed by atoms with van der Waals surface area (Å²) in [6, 6.07) is 6.84. The minimum Gasteiger partial charge on any atom is -0.494 e. The van der Waals surface area contributed by atoms with E-state index in [1.165, 1.54) is 4.90 Å². The Morgan fingerprint density at radius 2 is 2.03 bits per heavy atom. The molecular formula is C30H39N5O4. The molecule has 0 saturated heterocycles. The van der Waals surface area contributed by atoms with E-state index in [0.29, 0.717) is 42.2 Å². The van der Waals surface area contributed by atoms with Crippen molar-refractivity contribution in [2.24, 2.45) is 10.7 Å². The zero-order chi connectivity index (χ0) is 28.2. The monoisotopic (exact) mass is 533 g/mol. The summed E-state index contributed by atoms with van der Waals surface area (Å²) in [5.41, 5.74) is 8.68. The maximum atomic E-state index is 13.5. The van der Waals surface area contributed by atoms with E-state index in [4.69, 9.17) is 15.2 Å². The van der Waals surface area contributed by atoms with Crippen molar-refractivity contribution < 1.29 is 19.1 Å². The van der Waals surface area contributed by atoms with Crippen molar-refractivity contribution in [2.75, 3.05) is 6.61 Å². The van der Waals surface area contributed by atoms with Crippen LogP contribution in [0, 0.1) is 0 Å². The molecule has 2 amide bonds. The summed E-state index contributed by atoms with van der Waals surface area (Å²) in [4.78, 5) is 37.1. The van der Waals surface area contributed by atoms with E-state index in [1.54, 1.807) is 24.4 Å². The lowest BCUT2D eigenvalue weighted by molar-refractivity contribution is -0.128. The number of aliphatic imine (C=N–C) groups is 1. The molecule has 0 spiro atoms. The average molecular weight is 534 g/mol. The fourth-order valence-electron chi connectivity index (χ4n) is 5.08. The molecule has 9 nitrogen and oxygen atoms in total. The highest BCUT2D eigenvalue weighted by Gasteiger charge is 2.36. The number of hydrogen-bond donors (Lipinski definition) is 2. The van der Waals surface area contributed by atoms with Gasteiger partial charge in [0, 0.05) is 35.7 Å². The van der Waals surface area contributed by atoms with Crippen LogP contribution in [0.5, 0.6) is 11.6 Å². The molecule has 4 aliphatic rings. The maximum absolute atomic E-state index is 13.5. The molecule has 208 valence electrons. The Morgan fingerprint density at radius 3 is 2.77 bits per heavy atom. The van der Waals surface area contributed by atoms with Crippen molar-refractivity contribution in [2.45, 2.75) is 84.5 Å². The molecule has 5 heterocycles. The van der Waals surface area contributed by atoms with Gasteiger partial charge in [-0.05, 0) is 63.4 Å². The van der Waals surface area contributed by atoms with E-state index in [0.717, 1.165) is 17.5 Å². The number of nitrogens with zero attached hydrogens (tertiary/aromatic N) is 3. The van der Waals surface area contributed by atoms with Gasteiger partial charge in [0.2, 0.25) is 11.8 Å². The van der Waals surface area contributed by atoms with E-state index in [9.17, 15) is 9.59 Å². The van der Waals surface area contributed by atoms with Crippen LogP contribution in [0.4, 0.5) is 0 Å². The number of guanidine groups is 1. The third-order valence-electron chi connectivity index (χ3n) is 6.88. The highest BCUT2D eigenvalue weighted by atomic mass is 16.5. The first-order valence-corrected chi connectivity index (χ1v) is 13.8. The van der Waals surface area contributed by atoms with Gasteiger partial charge >= 0.3 is 0 Å². The van der Waals surface area contributed by atoms with Crippen LogP contribution >= 0.6 is 0 Å². The fraction of sp³-hybridized carbons (Fsp3) is 0.467. The van der Waals surface area contributed by atoms with Crippen molar-refractivity contribution in [1.82, 2.24) is 15.2 Å². The van der Waals surface area contributed by atoms with E-state index in [1.807, 2.05) is 46.8 Å². The van der Waals surface area contributed by atoms with Gasteiger partial charge in [0.25, 0.3) is 5.91 Å². The number of rotatable bonds is 2. The highest BCUT2D eigenvalue weighted by Crippen LogP contribution is 2.39. The summed E-state index contributed by atoms with van der Waals surface area (Å²) >= 11 is 0. The van der Waals surface area contributed by atoms with Gasteiger partial charge in [-0.2, -0.15) is 0 Å². The van der Waals surface area contributed by atoms with E-state index < -0.39 is 5.60 Å².